The Morgan fingerprint density at radius 2 is 2.00 bits per heavy atom. The van der Waals surface area contributed by atoms with E-state index >= 15 is 0 Å². The van der Waals surface area contributed by atoms with Gasteiger partial charge in [-0.15, -0.1) is 0 Å². The lowest BCUT2D eigenvalue weighted by atomic mass is 9.97. The van der Waals surface area contributed by atoms with Crippen LogP contribution >= 0.6 is 0 Å². The Hall–Kier alpha value is -1.30. The van der Waals surface area contributed by atoms with E-state index in [9.17, 15) is 9.59 Å². The van der Waals surface area contributed by atoms with Crippen molar-refractivity contribution in [2.45, 2.75) is 45.3 Å². The molecule has 6 nitrogen and oxygen atoms in total. The predicted octanol–water partition coefficient (Wildman–Crippen LogP) is 1.40. The number of rotatable bonds is 6. The Kier molecular flexibility index (Phi) is 4.22. The van der Waals surface area contributed by atoms with E-state index < -0.39 is 11.6 Å². The van der Waals surface area contributed by atoms with Crippen molar-refractivity contribution in [3.8, 4) is 0 Å². The molecule has 2 fully saturated rings. The van der Waals surface area contributed by atoms with Crippen LogP contribution in [0.15, 0.2) is 0 Å². The van der Waals surface area contributed by atoms with Crippen LogP contribution in [0, 0.1) is 5.92 Å². The molecule has 1 aliphatic carbocycles. The minimum Gasteiger partial charge on any atom is -0.480 e. The zero-order valence-electron chi connectivity index (χ0n) is 12.5. The summed E-state index contributed by atoms with van der Waals surface area (Å²) in [5, 5.41) is 8.63. The lowest BCUT2D eigenvalue weighted by Crippen LogP contribution is -2.66. The molecule has 0 unspecified atom stereocenters. The van der Waals surface area contributed by atoms with E-state index in [1.165, 1.54) is 0 Å². The second-order valence-corrected chi connectivity index (χ2v) is 6.55. The number of carbonyl (C=O) groups is 2. The molecule has 0 aromatic carbocycles. The van der Waals surface area contributed by atoms with E-state index in [1.807, 2.05) is 11.8 Å². The van der Waals surface area contributed by atoms with Gasteiger partial charge in [-0.3, -0.25) is 0 Å². The summed E-state index contributed by atoms with van der Waals surface area (Å²) in [5.74, 6) is -0.522. The van der Waals surface area contributed by atoms with E-state index in [4.69, 9.17) is 9.84 Å². The number of carbonyl (C=O) groups excluding carboxylic acids is 1. The molecular weight excluding hydrogens is 260 g/mol. The highest BCUT2D eigenvalue weighted by Gasteiger charge is 2.46. The fourth-order valence-electron chi connectivity index (χ4n) is 2.57. The van der Waals surface area contributed by atoms with E-state index in [-0.39, 0.29) is 12.6 Å². The normalized spacial score (nSPS) is 20.7. The molecule has 0 aromatic heterocycles. The highest BCUT2D eigenvalue weighted by Crippen LogP contribution is 2.32. The molecule has 6 heteroatoms. The first kappa shape index (κ1) is 15.1. The number of urea groups is 1. The summed E-state index contributed by atoms with van der Waals surface area (Å²) in [4.78, 5) is 26.7. The molecule has 0 bridgehead atoms. The molecule has 2 amide bonds. The fourth-order valence-corrected chi connectivity index (χ4v) is 2.57. The standard InChI is InChI=1S/C14H24N2O4/c1-10(2)6-16(11-4-5-11)13(19)15-8-14(3,9-15)20-7-12(17)18/h10-11H,4-9H2,1-3H3,(H,17,18). The van der Waals surface area contributed by atoms with Crippen LogP contribution in [0.2, 0.25) is 0 Å². The van der Waals surface area contributed by atoms with Gasteiger partial charge in [0.2, 0.25) is 0 Å². The lowest BCUT2D eigenvalue weighted by molar-refractivity contribution is -0.160. The van der Waals surface area contributed by atoms with Gasteiger partial charge in [-0.2, -0.15) is 0 Å². The maximum atomic E-state index is 12.4. The molecule has 1 N–H and O–H groups in total. The highest BCUT2D eigenvalue weighted by molar-refractivity contribution is 5.76. The fraction of sp³-hybridized carbons (Fsp3) is 0.857. The zero-order valence-corrected chi connectivity index (χ0v) is 12.5. The maximum Gasteiger partial charge on any atom is 0.329 e. The van der Waals surface area contributed by atoms with Crippen molar-refractivity contribution in [3.05, 3.63) is 0 Å². The first-order chi connectivity index (χ1) is 9.31. The lowest BCUT2D eigenvalue weighted by Gasteiger charge is -2.48. The smallest absolute Gasteiger partial charge is 0.329 e. The van der Waals surface area contributed by atoms with E-state index in [0.717, 1.165) is 19.4 Å². The van der Waals surface area contributed by atoms with Crippen molar-refractivity contribution < 1.29 is 19.4 Å². The van der Waals surface area contributed by atoms with Crippen molar-refractivity contribution >= 4 is 12.0 Å². The van der Waals surface area contributed by atoms with Crippen LogP contribution < -0.4 is 0 Å². The second-order valence-electron chi connectivity index (χ2n) is 6.55. The molecule has 0 aromatic rings. The van der Waals surface area contributed by atoms with Gasteiger partial charge in [0.25, 0.3) is 0 Å². The van der Waals surface area contributed by atoms with Crippen LogP contribution in [-0.4, -0.2) is 64.8 Å². The van der Waals surface area contributed by atoms with Crippen LogP contribution in [0.5, 0.6) is 0 Å². The third kappa shape index (κ3) is 3.62. The summed E-state index contributed by atoms with van der Waals surface area (Å²) in [6, 6.07) is 0.467. The van der Waals surface area contributed by atoms with Gasteiger partial charge in [-0.25, -0.2) is 9.59 Å². The molecular formula is C14H24N2O4. The van der Waals surface area contributed by atoms with Gasteiger partial charge in [-0.1, -0.05) is 13.8 Å². The average Bonchev–Trinajstić information content (AvgIpc) is 3.13. The van der Waals surface area contributed by atoms with Gasteiger partial charge in [0.1, 0.15) is 12.2 Å². The van der Waals surface area contributed by atoms with Crippen LogP contribution in [0.1, 0.15) is 33.6 Å². The monoisotopic (exact) mass is 284 g/mol. The Morgan fingerprint density at radius 1 is 1.40 bits per heavy atom. The molecule has 2 aliphatic rings. The van der Waals surface area contributed by atoms with Crippen molar-refractivity contribution in [2.75, 3.05) is 26.2 Å². The predicted molar refractivity (Wildman–Crippen MR) is 73.5 cm³/mol. The van der Waals surface area contributed by atoms with Crippen molar-refractivity contribution in [1.82, 2.24) is 9.80 Å². The van der Waals surface area contributed by atoms with Gasteiger partial charge < -0.3 is 19.6 Å². The van der Waals surface area contributed by atoms with Crippen molar-refractivity contribution in [1.29, 1.82) is 0 Å². The topological polar surface area (TPSA) is 70.1 Å². The Labute approximate surface area is 119 Å². The minimum atomic E-state index is -0.976. The summed E-state index contributed by atoms with van der Waals surface area (Å²) < 4.78 is 5.33. The van der Waals surface area contributed by atoms with Gasteiger partial charge in [-0.05, 0) is 25.7 Å². The molecule has 20 heavy (non-hydrogen) atoms. The molecule has 114 valence electrons. The molecule has 2 rings (SSSR count). The van der Waals surface area contributed by atoms with Gasteiger partial charge in [0.05, 0.1) is 13.1 Å². The SMILES string of the molecule is CC(C)CN(C(=O)N1CC(C)(OCC(=O)O)C1)C1CC1. The van der Waals surface area contributed by atoms with Crippen LogP contribution in [-0.2, 0) is 9.53 Å². The molecule has 0 radical (unpaired) electrons. The number of carboxylic acids is 1. The summed E-state index contributed by atoms with van der Waals surface area (Å²) in [5.41, 5.74) is -0.513. The number of hydrogen-bond acceptors (Lipinski definition) is 3. The number of nitrogens with zero attached hydrogens (tertiary/aromatic N) is 2. The van der Waals surface area contributed by atoms with E-state index in [2.05, 4.69) is 13.8 Å². The Balaban J connectivity index is 1.84. The van der Waals surface area contributed by atoms with Crippen molar-refractivity contribution in [3.63, 3.8) is 0 Å². The summed E-state index contributed by atoms with van der Waals surface area (Å²) in [7, 11) is 0. The van der Waals surface area contributed by atoms with Gasteiger partial charge in [0.15, 0.2) is 0 Å². The summed E-state index contributed by atoms with van der Waals surface area (Å²) >= 11 is 0. The largest absolute Gasteiger partial charge is 0.480 e. The third-order valence-electron chi connectivity index (χ3n) is 3.66. The Bertz CT molecular complexity index is 387. The maximum absolute atomic E-state index is 12.4. The molecule has 0 spiro atoms. The van der Waals surface area contributed by atoms with E-state index in [1.54, 1.807) is 4.90 Å². The minimum absolute atomic E-state index is 0.0672. The van der Waals surface area contributed by atoms with Crippen LogP contribution in [0.4, 0.5) is 4.79 Å². The van der Waals surface area contributed by atoms with Gasteiger partial charge >= 0.3 is 12.0 Å². The number of amides is 2. The summed E-state index contributed by atoms with van der Waals surface area (Å²) in [6.07, 6.45) is 2.19. The first-order valence-corrected chi connectivity index (χ1v) is 7.22. The second kappa shape index (κ2) is 5.60. The number of hydrogen-bond donors (Lipinski definition) is 1. The molecule has 1 aliphatic heterocycles. The highest BCUT2D eigenvalue weighted by atomic mass is 16.5. The van der Waals surface area contributed by atoms with Crippen LogP contribution in [0.3, 0.4) is 0 Å². The number of carboxylic acid groups (broad SMARTS) is 1. The molecule has 0 atom stereocenters. The average molecular weight is 284 g/mol. The van der Waals surface area contributed by atoms with Gasteiger partial charge in [0, 0.05) is 12.6 Å². The molecule has 1 heterocycles. The van der Waals surface area contributed by atoms with Crippen LogP contribution in [0.25, 0.3) is 0 Å². The molecule has 1 saturated heterocycles. The first-order valence-electron chi connectivity index (χ1n) is 7.22. The summed E-state index contributed by atoms with van der Waals surface area (Å²) in [6.45, 7) is 7.49. The van der Waals surface area contributed by atoms with Crippen molar-refractivity contribution in [2.24, 2.45) is 5.92 Å². The Morgan fingerprint density at radius 3 is 2.45 bits per heavy atom. The van der Waals surface area contributed by atoms with E-state index in [0.29, 0.717) is 25.0 Å². The third-order valence-corrected chi connectivity index (χ3v) is 3.66. The number of aliphatic carboxylic acids is 1. The number of likely N-dealkylation sites (tertiary alicyclic amines) is 1. The zero-order chi connectivity index (χ0) is 14.9. The number of ether oxygens (including phenoxy) is 1. The quantitative estimate of drug-likeness (QED) is 0.800. The molecule has 1 saturated carbocycles.